The summed E-state index contributed by atoms with van der Waals surface area (Å²) in [5.41, 5.74) is 0. The summed E-state index contributed by atoms with van der Waals surface area (Å²) in [6.45, 7) is 28.2. The number of hydrogen-bond acceptors (Lipinski definition) is 51. The van der Waals surface area contributed by atoms with Crippen LogP contribution in [0.4, 0.5) is 0 Å². The summed E-state index contributed by atoms with van der Waals surface area (Å²) in [7, 11) is 0. The standard InChI is InChI=1S/26C2H4O2.25H3N/c26*1-2(3)4;;;;;;;;;;;;;;;;;;;;;;;;;/h26*1H3,(H,3,4);25*1H3. The van der Waals surface area contributed by atoms with Crippen LogP contribution < -0.4 is 154 Å². The first-order valence-electron chi connectivity index (χ1n) is 24.1. The molecule has 0 saturated carbocycles. The number of hydrogen-bond donors (Lipinski definition) is 51. The molecule has 0 aromatic carbocycles. The fourth-order valence-electron chi connectivity index (χ4n) is 0. The monoisotopic (exact) mass is 1990 g/mol. The van der Waals surface area contributed by atoms with Crippen molar-refractivity contribution in [2.24, 2.45) is 0 Å². The third-order valence-corrected chi connectivity index (χ3v) is 0. The summed E-state index contributed by atoms with van der Waals surface area (Å²) in [5, 5.41) is 193. The van der Waals surface area contributed by atoms with Crippen LogP contribution in [0, 0.1) is 0 Å². The van der Waals surface area contributed by atoms with Gasteiger partial charge in [-0.25, -0.2) is 0 Å². The Kier molecular flexibility index (Phi) is 1010. The normalized spacial score (nSPS) is 5.04. The summed E-state index contributed by atoms with van der Waals surface area (Å²) in [6, 6.07) is 0. The van der Waals surface area contributed by atoms with Crippen molar-refractivity contribution >= 4 is 155 Å². The third kappa shape index (κ3) is 6410. The highest BCUT2D eigenvalue weighted by atomic mass is 16.4. The van der Waals surface area contributed by atoms with Gasteiger partial charge >= 0.3 is 0 Å². The number of carbonyl (C=O) groups is 26. The number of rotatable bonds is 0. The fourth-order valence-corrected chi connectivity index (χ4v) is 0. The van der Waals surface area contributed by atoms with Crippen molar-refractivity contribution in [1.29, 1.82) is 0 Å². The maximum absolute atomic E-state index is 9.00. The second-order valence-electron chi connectivity index (χ2n) is 13.5. The molecule has 0 heterocycles. The molecule has 129 heavy (non-hydrogen) atoms. The van der Waals surface area contributed by atoms with Crippen molar-refractivity contribution in [3.8, 4) is 0 Å². The quantitative estimate of drug-likeness (QED) is 0.124. The third-order valence-electron chi connectivity index (χ3n) is 0. The van der Waals surface area contributed by atoms with E-state index in [-0.39, 0.29) is 154 Å². The van der Waals surface area contributed by atoms with E-state index in [1.165, 1.54) is 0 Å². The number of carboxylic acids is 26. The van der Waals surface area contributed by atoms with Gasteiger partial charge in [0, 0.05) is 180 Å². The average molecular weight is 1990 g/mol. The van der Waals surface area contributed by atoms with Crippen molar-refractivity contribution in [3.63, 3.8) is 0 Å². The minimum atomic E-state index is -0.833. The second kappa shape index (κ2) is 357. The fraction of sp³-hybridized carbons (Fsp3) is 0.500. The Morgan fingerprint density at radius 3 is 0.0698 bits per heavy atom. The van der Waals surface area contributed by atoms with Gasteiger partial charge in [0.15, 0.2) is 0 Å². The zero-order valence-electron chi connectivity index (χ0n) is 78.9. The molecule has 77 heteroatoms. The van der Waals surface area contributed by atoms with Gasteiger partial charge in [0.1, 0.15) is 0 Å². The Balaban J connectivity index is -0.00000000993. The molecule has 0 aliphatic carbocycles. The van der Waals surface area contributed by atoms with Gasteiger partial charge in [-0.3, -0.25) is 125 Å². The zero-order chi connectivity index (χ0) is 93.0. The van der Waals surface area contributed by atoms with Gasteiger partial charge in [0.2, 0.25) is 0 Å². The van der Waals surface area contributed by atoms with Gasteiger partial charge in [-0.05, 0) is 0 Å². The molecular weight excluding hydrogens is 1810 g/mol. The molecule has 0 aliphatic heterocycles. The molecule has 0 amide bonds. The molecule has 0 radical (unpaired) electrons. The van der Waals surface area contributed by atoms with Gasteiger partial charge in [0.05, 0.1) is 0 Å². The maximum atomic E-state index is 9.00. The van der Waals surface area contributed by atoms with Crippen LogP contribution in [-0.2, 0) is 125 Å². The van der Waals surface area contributed by atoms with Crippen molar-refractivity contribution in [3.05, 3.63) is 0 Å². The number of aliphatic carboxylic acids is 26. The highest BCUT2D eigenvalue weighted by molar-refractivity contribution is 5.68. The molecule has 0 aromatic rings. The molecule has 77 nitrogen and oxygen atoms in total. The first-order valence-corrected chi connectivity index (χ1v) is 24.1. The lowest BCUT2D eigenvalue weighted by atomic mass is 10.9. The molecule has 101 N–H and O–H groups in total. The van der Waals surface area contributed by atoms with Crippen molar-refractivity contribution < 1.29 is 257 Å². The SMILES string of the molecule is CC(=O)O.CC(=O)O.CC(=O)O.CC(=O)O.CC(=O)O.CC(=O)O.CC(=O)O.CC(=O)O.CC(=O)O.CC(=O)O.CC(=O)O.CC(=O)O.CC(=O)O.CC(=O)O.CC(=O)O.CC(=O)O.CC(=O)O.CC(=O)O.CC(=O)O.CC(=O)O.CC(=O)O.CC(=O)O.CC(=O)O.CC(=O)O.CC(=O)O.CC(=O)O.N.N.N.N.N.N.N.N.N.N.N.N.N.N.N.N.N.N.N.N.N.N.N.N.N. The van der Waals surface area contributed by atoms with Crippen LogP contribution in [0.3, 0.4) is 0 Å². The smallest absolute Gasteiger partial charge is 0.300 e. The molecule has 0 aromatic heterocycles. The first kappa shape index (κ1) is 366. The van der Waals surface area contributed by atoms with E-state index in [1.807, 2.05) is 0 Å². The van der Waals surface area contributed by atoms with Crippen LogP contribution in [-0.4, -0.2) is 288 Å². The van der Waals surface area contributed by atoms with Gasteiger partial charge in [0.25, 0.3) is 155 Å². The van der Waals surface area contributed by atoms with E-state index in [9.17, 15) is 0 Å². The Bertz CT molecular complexity index is 1530. The Morgan fingerprint density at radius 1 is 0.0698 bits per heavy atom. The van der Waals surface area contributed by atoms with E-state index in [2.05, 4.69) is 0 Å². The molecule has 0 fully saturated rings. The zero-order valence-corrected chi connectivity index (χ0v) is 78.9. The highest BCUT2D eigenvalue weighted by Crippen LogP contribution is 1.51. The minimum Gasteiger partial charge on any atom is -0.481 e. The Hall–Kier alpha value is -14.8. The van der Waals surface area contributed by atoms with Crippen LogP contribution in [0.15, 0.2) is 0 Å². The predicted octanol–water partition coefficient (Wildman–Crippen LogP) is 6.41. The summed E-state index contributed by atoms with van der Waals surface area (Å²) in [5.74, 6) is -21.7. The lowest BCUT2D eigenvalue weighted by Gasteiger charge is -1.59. The van der Waals surface area contributed by atoms with Gasteiger partial charge in [-0.1, -0.05) is 0 Å². The maximum Gasteiger partial charge on any atom is 0.300 e. The van der Waals surface area contributed by atoms with Gasteiger partial charge in [-0.15, -0.1) is 0 Å². The van der Waals surface area contributed by atoms with Gasteiger partial charge in [-0.2, -0.15) is 0 Å². The topological polar surface area (TPSA) is 1840 Å². The lowest BCUT2D eigenvalue weighted by molar-refractivity contribution is -0.135. The van der Waals surface area contributed by atoms with E-state index in [0.717, 1.165) is 180 Å². The van der Waals surface area contributed by atoms with E-state index in [0.29, 0.717) is 0 Å². The molecule has 0 aliphatic rings. The molecule has 0 bridgehead atoms. The van der Waals surface area contributed by atoms with Crippen LogP contribution in [0.5, 0.6) is 0 Å². The molecule has 824 valence electrons. The highest BCUT2D eigenvalue weighted by Gasteiger charge is 1.74. The van der Waals surface area contributed by atoms with Crippen LogP contribution in [0.2, 0.25) is 0 Å². The Labute approximate surface area is 745 Å². The van der Waals surface area contributed by atoms with Crippen molar-refractivity contribution in [2.45, 2.75) is 180 Å². The molecular formula is C52H179N25O52. The Morgan fingerprint density at radius 2 is 0.0698 bits per heavy atom. The molecule has 0 atom stereocenters. The van der Waals surface area contributed by atoms with E-state index in [4.69, 9.17) is 257 Å². The molecule has 0 spiro atoms. The van der Waals surface area contributed by atoms with Gasteiger partial charge < -0.3 is 287 Å². The number of carboxylic acid groups (broad SMARTS) is 26. The molecule has 0 unspecified atom stereocenters. The average Bonchev–Trinajstić information content (AvgIpc) is 3.18. The van der Waals surface area contributed by atoms with E-state index < -0.39 is 155 Å². The van der Waals surface area contributed by atoms with Crippen LogP contribution in [0.1, 0.15) is 180 Å². The summed E-state index contributed by atoms with van der Waals surface area (Å²) < 4.78 is 0. The van der Waals surface area contributed by atoms with Crippen molar-refractivity contribution in [1.82, 2.24) is 154 Å². The van der Waals surface area contributed by atoms with Crippen molar-refractivity contribution in [2.75, 3.05) is 0 Å². The molecule has 0 saturated heterocycles. The first-order chi connectivity index (χ1) is 45.0. The lowest BCUT2D eigenvalue weighted by Crippen LogP contribution is -1.78. The second-order valence-corrected chi connectivity index (χ2v) is 13.5. The minimum absolute atomic E-state index is 0. The van der Waals surface area contributed by atoms with E-state index >= 15 is 0 Å². The summed E-state index contributed by atoms with van der Waals surface area (Å²) >= 11 is 0. The van der Waals surface area contributed by atoms with Crippen LogP contribution >= 0.6 is 0 Å². The molecule has 0 rings (SSSR count). The van der Waals surface area contributed by atoms with Crippen LogP contribution in [0.25, 0.3) is 0 Å². The predicted molar refractivity (Wildman–Crippen MR) is 472 cm³/mol. The van der Waals surface area contributed by atoms with E-state index in [1.54, 1.807) is 0 Å². The summed E-state index contributed by atoms with van der Waals surface area (Å²) in [6.07, 6.45) is 0. The largest absolute Gasteiger partial charge is 0.481 e. The summed E-state index contributed by atoms with van der Waals surface area (Å²) in [4.78, 5) is 234.